The summed E-state index contributed by atoms with van der Waals surface area (Å²) < 4.78 is 180. The Bertz CT molecular complexity index is 4500. The molecule has 2 atom stereocenters. The Morgan fingerprint density at radius 3 is 1.79 bits per heavy atom. The zero-order chi connectivity index (χ0) is 60.6. The van der Waals surface area contributed by atoms with Crippen LogP contribution >= 0.6 is 0 Å². The molecule has 1 aliphatic carbocycles. The first-order valence-electron chi connectivity index (χ1n) is 31.4. The van der Waals surface area contributed by atoms with Gasteiger partial charge in [0.15, 0.2) is 0 Å². The molecule has 2 aliphatic rings. The van der Waals surface area contributed by atoms with Crippen LogP contribution in [0.1, 0.15) is 71.1 Å². The zero-order valence-electron chi connectivity index (χ0n) is 54.8. The molecule has 0 radical (unpaired) electrons. The van der Waals surface area contributed by atoms with Gasteiger partial charge in [-0.3, -0.25) is 0 Å². The average molecular weight is 932 g/mol. The minimum atomic E-state index is -7.10. The average Bonchev–Trinajstić information content (AvgIpc) is 0.954. The van der Waals surface area contributed by atoms with Gasteiger partial charge in [-0.2, -0.15) is 0 Å². The van der Waals surface area contributed by atoms with E-state index in [0.717, 1.165) is 59.0 Å². The molecule has 0 N–H and O–H groups in total. The van der Waals surface area contributed by atoms with E-state index in [1.807, 2.05) is 77.4 Å². The summed E-state index contributed by atoms with van der Waals surface area (Å²) in [5.74, 6) is 0.793. The van der Waals surface area contributed by atoms with E-state index in [0.29, 0.717) is 33.1 Å². The second kappa shape index (κ2) is 14.9. The number of aromatic nitrogens is 4. The van der Waals surface area contributed by atoms with Crippen molar-refractivity contribution in [3.8, 4) is 11.4 Å². The normalized spacial score (nSPS) is 22.3. The molecule has 0 saturated heterocycles. The van der Waals surface area contributed by atoms with Crippen molar-refractivity contribution in [3.63, 3.8) is 0 Å². The molecule has 6 heteroatoms. The third-order valence-corrected chi connectivity index (χ3v) is 22.8. The molecule has 0 amide bonds. The Hall–Kier alpha value is -7.22. The summed E-state index contributed by atoms with van der Waals surface area (Å²) in [5, 5.41) is 2.96. The molecule has 11 aromatic rings. The second-order valence-electron chi connectivity index (χ2n) is 17.5. The van der Waals surface area contributed by atoms with Crippen LogP contribution < -0.4 is 22.5 Å². The summed E-state index contributed by atoms with van der Waals surface area (Å²) in [6, 6.07) is 8.22. The summed E-state index contributed by atoms with van der Waals surface area (Å²) in [5.41, 5.74) is 3.54. The van der Waals surface area contributed by atoms with Crippen LogP contribution in [-0.2, 0) is 5.41 Å². The maximum atomic E-state index is 10.8. The quantitative estimate of drug-likeness (QED) is 0.150. The molecule has 1 fully saturated rings. The molecule has 2 unspecified atom stereocenters. The summed E-state index contributed by atoms with van der Waals surface area (Å²) in [4.78, 5) is 12.1. The number of hydrogen-bond acceptors (Lipinski definition) is 3. The van der Waals surface area contributed by atoms with Gasteiger partial charge in [0, 0.05) is 0 Å². The van der Waals surface area contributed by atoms with Crippen molar-refractivity contribution >= 4 is 86.1 Å². The molecule has 66 heavy (non-hydrogen) atoms. The van der Waals surface area contributed by atoms with Crippen molar-refractivity contribution in [1.82, 2.24) is 19.1 Å². The van der Waals surface area contributed by atoms with Crippen molar-refractivity contribution in [2.24, 2.45) is 0 Å². The van der Waals surface area contributed by atoms with Gasteiger partial charge in [-0.25, -0.2) is 0 Å². The second-order valence-corrected chi connectivity index (χ2v) is 24.8. The number of para-hydroxylation sites is 1. The van der Waals surface area contributed by atoms with E-state index in [-0.39, 0.29) is 5.41 Å². The van der Waals surface area contributed by atoms with E-state index in [1.54, 1.807) is 18.5 Å². The van der Waals surface area contributed by atoms with E-state index < -0.39 is 157 Å². The van der Waals surface area contributed by atoms with Gasteiger partial charge in [-0.15, -0.1) is 0 Å². The molecule has 318 valence electrons. The SMILES string of the molecule is [2H]c1c([2H])c([2H])[c]([Ge]([c]2c([2H])c([2H])c([2H])c([2H])c2[2H])([c]2c([2H])c([2H])c([2H])c([2H])c2[2H])[c]2c([2H])c([2H])c([2H])c(-n3c4ccc(N5c6ncccc6C6(C)CCCCC56C)cc4c4cc(-n5c6ccccc6c6cccnc65)ccc43)c2[2H])c([2H])c1[2H]. The van der Waals surface area contributed by atoms with Gasteiger partial charge in [0.2, 0.25) is 0 Å². The summed E-state index contributed by atoms with van der Waals surface area (Å²) in [6.45, 7) is 4.54. The Balaban J connectivity index is 1.23. The molecule has 1 saturated carbocycles. The van der Waals surface area contributed by atoms with Gasteiger partial charge in [-0.05, 0) is 12.1 Å². The monoisotopic (exact) mass is 932 g/mol. The number of benzene rings is 7. The fourth-order valence-electron chi connectivity index (χ4n) is 11.2. The fourth-order valence-corrected chi connectivity index (χ4v) is 18.7. The number of fused-ring (bicyclic) bond motifs is 9. The van der Waals surface area contributed by atoms with Crippen LogP contribution in [-0.4, -0.2) is 37.9 Å². The third kappa shape index (κ3) is 5.47. The summed E-state index contributed by atoms with van der Waals surface area (Å²) in [6.07, 6.45) is 7.23. The van der Waals surface area contributed by atoms with Crippen molar-refractivity contribution in [1.29, 1.82) is 0 Å². The van der Waals surface area contributed by atoms with E-state index >= 15 is 0 Å². The first-order valence-corrected chi connectivity index (χ1v) is 26.1. The Morgan fingerprint density at radius 2 is 1.08 bits per heavy atom. The van der Waals surface area contributed by atoms with Gasteiger partial charge >= 0.3 is 391 Å². The Labute approximate surface area is 414 Å². The predicted molar refractivity (Wildman–Crippen MR) is 277 cm³/mol. The van der Waals surface area contributed by atoms with Crippen molar-refractivity contribution in [3.05, 3.63) is 218 Å². The topological polar surface area (TPSA) is 38.9 Å². The molecular formula is C60H49GeN5. The number of hydrogen-bond donors (Lipinski definition) is 0. The predicted octanol–water partition coefficient (Wildman–Crippen LogP) is 11.8. The van der Waals surface area contributed by atoms with Crippen LogP contribution in [0.3, 0.4) is 0 Å². The molecule has 0 spiro atoms. The molecule has 0 bridgehead atoms. The van der Waals surface area contributed by atoms with Crippen molar-refractivity contribution in [2.45, 2.75) is 50.5 Å². The Kier molecular flexibility index (Phi) is 5.50. The zero-order valence-corrected chi connectivity index (χ0v) is 37.9. The van der Waals surface area contributed by atoms with Crippen LogP contribution in [0.4, 0.5) is 11.5 Å². The van der Waals surface area contributed by atoms with Gasteiger partial charge in [0.25, 0.3) is 0 Å². The van der Waals surface area contributed by atoms with Gasteiger partial charge < -0.3 is 0 Å². The molecule has 4 aromatic heterocycles. The van der Waals surface area contributed by atoms with Crippen LogP contribution in [0.15, 0.2) is 212 Å². The van der Waals surface area contributed by atoms with Crippen LogP contribution in [0.5, 0.6) is 0 Å². The van der Waals surface area contributed by atoms with Crippen LogP contribution in [0, 0.1) is 0 Å². The minimum absolute atomic E-state index is 0.299. The summed E-state index contributed by atoms with van der Waals surface area (Å²) >= 11 is -7.10. The van der Waals surface area contributed by atoms with E-state index in [2.05, 4.69) is 24.8 Å². The molecular weight excluding hydrogens is 863 g/mol. The number of pyridine rings is 2. The van der Waals surface area contributed by atoms with E-state index in [9.17, 15) is 13.7 Å². The van der Waals surface area contributed by atoms with Gasteiger partial charge in [-0.1, -0.05) is 12.5 Å². The first kappa shape index (κ1) is 24.3. The molecule has 5 nitrogen and oxygen atoms in total. The molecule has 13 rings (SSSR count). The van der Waals surface area contributed by atoms with Gasteiger partial charge in [0.05, 0.1) is 0 Å². The van der Waals surface area contributed by atoms with Gasteiger partial charge in [0.1, 0.15) is 0 Å². The van der Waals surface area contributed by atoms with Crippen LogP contribution in [0.2, 0.25) is 0 Å². The standard InChI is InChI=1S/C60H49GeN5/c1-59-35-14-15-36-60(59,2)66(58-53(59)29-18-38-63-58)48-32-34-56-52(41-48)51-40-47(65-54-30-13-12-27-49(54)50-28-17-37-62-57(50)65)31-33-55(51)64(56)46-26-16-25-45(39-46)61(42-19-6-3-7-20-42,43-21-8-4-9-22-43)44-23-10-5-11-24-44/h3-13,16-34,37-41H,14-15,35-36H2,1-2H3/i3D,4D,5D,6D,7D,8D,9D,10D,11D,16D,19D,20D,21D,22D,23D,24D,25D,26D,39D. The van der Waals surface area contributed by atoms with Crippen LogP contribution in [0.25, 0.3) is 55.1 Å². The fraction of sp³-hybridized carbons (Fsp3) is 0.133. The third-order valence-electron chi connectivity index (χ3n) is 14.4. The molecule has 7 aromatic carbocycles. The number of anilines is 2. The Morgan fingerprint density at radius 1 is 0.500 bits per heavy atom. The van der Waals surface area contributed by atoms with E-state index in [1.165, 1.54) is 4.57 Å². The van der Waals surface area contributed by atoms with E-state index in [4.69, 9.17) is 22.3 Å². The summed E-state index contributed by atoms with van der Waals surface area (Å²) in [7, 11) is 0. The molecule has 5 heterocycles. The van der Waals surface area contributed by atoms with Crippen molar-refractivity contribution < 1.29 is 26.0 Å². The van der Waals surface area contributed by atoms with Crippen molar-refractivity contribution in [2.75, 3.05) is 4.90 Å². The number of rotatable bonds is 7. The first-order chi connectivity index (χ1) is 40.4. The molecule has 1 aliphatic heterocycles. The maximum absolute atomic E-state index is 10.8. The number of nitrogens with zero attached hydrogens (tertiary/aromatic N) is 5.